The molecule has 0 aliphatic heterocycles. The maximum absolute atomic E-state index is 5.57. The van der Waals surface area contributed by atoms with Gasteiger partial charge >= 0.3 is 0 Å². The van der Waals surface area contributed by atoms with Crippen LogP contribution in [-0.4, -0.2) is 39.5 Å². The largest absolute Gasteiger partial charge is 0.383 e. The van der Waals surface area contributed by atoms with Crippen LogP contribution in [0.1, 0.15) is 33.6 Å². The van der Waals surface area contributed by atoms with Crippen LogP contribution in [0.2, 0.25) is 0 Å². The Bertz CT molecular complexity index is 117. The molecule has 92 valence electrons. The summed E-state index contributed by atoms with van der Waals surface area (Å²) >= 11 is 0. The van der Waals surface area contributed by atoms with Crippen molar-refractivity contribution in [2.45, 2.75) is 39.7 Å². The minimum Gasteiger partial charge on any atom is -0.383 e. The molecule has 0 rings (SSSR count). The molecule has 0 saturated carbocycles. The minimum atomic E-state index is 0.409. The molecule has 0 aromatic carbocycles. The van der Waals surface area contributed by atoms with Gasteiger partial charge in [-0.3, -0.25) is 0 Å². The van der Waals surface area contributed by atoms with E-state index in [4.69, 9.17) is 9.47 Å². The summed E-state index contributed by atoms with van der Waals surface area (Å²) in [5.74, 6) is 0.686. The third kappa shape index (κ3) is 10.2. The van der Waals surface area contributed by atoms with E-state index in [2.05, 4.69) is 26.1 Å². The minimum absolute atomic E-state index is 0.409. The maximum atomic E-state index is 5.57. The number of ether oxygens (including phenoxy) is 2. The van der Waals surface area contributed by atoms with E-state index in [-0.39, 0.29) is 0 Å². The summed E-state index contributed by atoms with van der Waals surface area (Å²) in [5.41, 5.74) is 0. The molecular formula is C12H27NO2. The highest BCUT2D eigenvalue weighted by Gasteiger charge is 2.01. The fourth-order valence-electron chi connectivity index (χ4n) is 1.55. The molecule has 0 amide bonds. The average Bonchev–Trinajstić information content (AvgIpc) is 2.18. The van der Waals surface area contributed by atoms with E-state index in [1.165, 1.54) is 12.8 Å². The second-order valence-electron chi connectivity index (χ2n) is 4.28. The van der Waals surface area contributed by atoms with E-state index in [1.807, 2.05) is 0 Å². The second-order valence-corrected chi connectivity index (χ2v) is 4.28. The first-order valence-electron chi connectivity index (χ1n) is 6.00. The highest BCUT2D eigenvalue weighted by molar-refractivity contribution is 4.58. The van der Waals surface area contributed by atoms with Crippen molar-refractivity contribution < 1.29 is 9.47 Å². The Hall–Kier alpha value is -0.120. The Labute approximate surface area is 94.5 Å². The normalized spacial score (nSPS) is 15.2. The van der Waals surface area contributed by atoms with Crippen LogP contribution in [0.3, 0.4) is 0 Å². The Balaban J connectivity index is 3.17. The topological polar surface area (TPSA) is 30.5 Å². The summed E-state index contributed by atoms with van der Waals surface area (Å²) in [7, 11) is 1.72. The van der Waals surface area contributed by atoms with E-state index in [9.17, 15) is 0 Å². The van der Waals surface area contributed by atoms with Gasteiger partial charge in [0.1, 0.15) is 0 Å². The second kappa shape index (κ2) is 10.4. The van der Waals surface area contributed by atoms with Crippen LogP contribution < -0.4 is 5.32 Å². The molecule has 15 heavy (non-hydrogen) atoms. The van der Waals surface area contributed by atoms with Gasteiger partial charge in [-0.25, -0.2) is 0 Å². The molecule has 0 bridgehead atoms. The van der Waals surface area contributed by atoms with E-state index in [0.717, 1.165) is 26.4 Å². The smallest absolute Gasteiger partial charge is 0.0613 e. The summed E-state index contributed by atoms with van der Waals surface area (Å²) < 4.78 is 10.6. The Morgan fingerprint density at radius 1 is 1.20 bits per heavy atom. The Morgan fingerprint density at radius 2 is 1.93 bits per heavy atom. The third-order valence-electron chi connectivity index (χ3n) is 2.34. The van der Waals surface area contributed by atoms with E-state index in [0.29, 0.717) is 12.0 Å². The van der Waals surface area contributed by atoms with Crippen LogP contribution in [0.15, 0.2) is 0 Å². The van der Waals surface area contributed by atoms with Crippen molar-refractivity contribution in [3.8, 4) is 0 Å². The fraction of sp³-hybridized carbons (Fsp3) is 1.00. The Kier molecular flexibility index (Phi) is 10.3. The highest BCUT2D eigenvalue weighted by Crippen LogP contribution is 2.04. The van der Waals surface area contributed by atoms with Gasteiger partial charge in [-0.05, 0) is 19.3 Å². The van der Waals surface area contributed by atoms with Gasteiger partial charge < -0.3 is 14.8 Å². The number of nitrogens with one attached hydrogen (secondary N) is 1. The van der Waals surface area contributed by atoms with Crippen LogP contribution in [-0.2, 0) is 9.47 Å². The summed E-state index contributed by atoms with van der Waals surface area (Å²) in [6.07, 6.45) is 2.50. The molecule has 3 heteroatoms. The zero-order valence-electron chi connectivity index (χ0n) is 10.7. The Morgan fingerprint density at radius 3 is 2.53 bits per heavy atom. The monoisotopic (exact) mass is 217 g/mol. The van der Waals surface area contributed by atoms with Gasteiger partial charge in [0.2, 0.25) is 0 Å². The standard InChI is InChI=1S/C12H27NO2/c1-5-6-11(2)9-15-8-7-13-12(3)10-14-4/h11-13H,5-10H2,1-4H3. The zero-order valence-corrected chi connectivity index (χ0v) is 10.7. The first-order chi connectivity index (χ1) is 7.20. The van der Waals surface area contributed by atoms with Gasteiger partial charge in [0, 0.05) is 26.3 Å². The van der Waals surface area contributed by atoms with Gasteiger partial charge in [-0.1, -0.05) is 20.3 Å². The van der Waals surface area contributed by atoms with Gasteiger partial charge in [0.15, 0.2) is 0 Å². The summed E-state index contributed by atoms with van der Waals surface area (Å²) in [5, 5.41) is 3.34. The lowest BCUT2D eigenvalue weighted by Gasteiger charge is -2.14. The molecule has 0 spiro atoms. The summed E-state index contributed by atoms with van der Waals surface area (Å²) in [6.45, 7) is 9.91. The van der Waals surface area contributed by atoms with Crippen LogP contribution in [0.4, 0.5) is 0 Å². The quantitative estimate of drug-likeness (QED) is 0.568. The van der Waals surface area contributed by atoms with Crippen molar-refractivity contribution >= 4 is 0 Å². The van der Waals surface area contributed by atoms with E-state index >= 15 is 0 Å². The summed E-state index contributed by atoms with van der Waals surface area (Å²) in [4.78, 5) is 0. The number of hydrogen-bond acceptors (Lipinski definition) is 3. The van der Waals surface area contributed by atoms with Crippen molar-refractivity contribution in [3.05, 3.63) is 0 Å². The van der Waals surface area contributed by atoms with Gasteiger partial charge in [0.25, 0.3) is 0 Å². The molecule has 0 fully saturated rings. The van der Waals surface area contributed by atoms with Gasteiger partial charge in [-0.2, -0.15) is 0 Å². The van der Waals surface area contributed by atoms with E-state index < -0.39 is 0 Å². The SMILES string of the molecule is CCCC(C)COCCNC(C)COC. The van der Waals surface area contributed by atoms with Crippen molar-refractivity contribution in [2.75, 3.05) is 33.5 Å². The van der Waals surface area contributed by atoms with Crippen LogP contribution in [0.5, 0.6) is 0 Å². The lowest BCUT2D eigenvalue weighted by molar-refractivity contribution is 0.0981. The number of methoxy groups -OCH3 is 1. The van der Waals surface area contributed by atoms with Gasteiger partial charge in [0.05, 0.1) is 13.2 Å². The molecule has 2 atom stereocenters. The number of rotatable bonds is 10. The molecular weight excluding hydrogens is 190 g/mol. The van der Waals surface area contributed by atoms with Crippen LogP contribution in [0, 0.1) is 5.92 Å². The molecule has 0 aliphatic carbocycles. The number of hydrogen-bond donors (Lipinski definition) is 1. The van der Waals surface area contributed by atoms with Crippen molar-refractivity contribution in [3.63, 3.8) is 0 Å². The molecule has 0 radical (unpaired) electrons. The third-order valence-corrected chi connectivity index (χ3v) is 2.34. The average molecular weight is 217 g/mol. The molecule has 3 nitrogen and oxygen atoms in total. The molecule has 1 N–H and O–H groups in total. The molecule has 2 unspecified atom stereocenters. The van der Waals surface area contributed by atoms with Crippen molar-refractivity contribution in [2.24, 2.45) is 5.92 Å². The lowest BCUT2D eigenvalue weighted by Crippen LogP contribution is -2.33. The fourth-order valence-corrected chi connectivity index (χ4v) is 1.55. The van der Waals surface area contributed by atoms with Crippen LogP contribution >= 0.6 is 0 Å². The first-order valence-corrected chi connectivity index (χ1v) is 6.00. The molecule has 0 saturated heterocycles. The zero-order chi connectivity index (χ0) is 11.5. The van der Waals surface area contributed by atoms with E-state index in [1.54, 1.807) is 7.11 Å². The highest BCUT2D eigenvalue weighted by atomic mass is 16.5. The van der Waals surface area contributed by atoms with Crippen molar-refractivity contribution in [1.82, 2.24) is 5.32 Å². The molecule has 0 aromatic rings. The molecule has 0 aromatic heterocycles. The molecule has 0 aliphatic rings. The predicted molar refractivity (Wildman–Crippen MR) is 64.2 cm³/mol. The maximum Gasteiger partial charge on any atom is 0.0613 e. The molecule has 0 heterocycles. The predicted octanol–water partition coefficient (Wildman–Crippen LogP) is 2.06. The lowest BCUT2D eigenvalue weighted by atomic mass is 10.1. The first kappa shape index (κ1) is 14.9. The van der Waals surface area contributed by atoms with Gasteiger partial charge in [-0.15, -0.1) is 0 Å². The van der Waals surface area contributed by atoms with Crippen LogP contribution in [0.25, 0.3) is 0 Å². The van der Waals surface area contributed by atoms with Crippen molar-refractivity contribution in [1.29, 1.82) is 0 Å². The summed E-state index contributed by atoms with van der Waals surface area (Å²) in [6, 6.07) is 0.409.